The molecule has 0 aliphatic carbocycles. The standard InChI is InChI=1S/C21H29N2O3.C8H3F4O.Nb/c1-15(2)13-19(24)23-11-9-21(10-12-23)18(14-22(3)20(21)25)16-5-7-17(26-4)8-6-16;9-7-2-1-6(8(10,11)12)3-5(7)4-13;/h5-8,13,15,18H,9-12,14H2,1-4H3;1-3H;/q2*-1;+2. The minimum absolute atomic E-state index is 0. The number of carbonyl (C=O) groups is 2. The fraction of sp³-hybridized carbons (Fsp3) is 0.448. The predicted octanol–water partition coefficient (Wildman–Crippen LogP) is 5.02. The van der Waals surface area contributed by atoms with Crippen LogP contribution in [0.15, 0.2) is 42.5 Å². The molecular formula is C29H32F4N2NbO4. The number of hydrogen-bond acceptors (Lipinski definition) is 4. The molecule has 2 saturated heterocycles. The maximum atomic E-state index is 13.0. The van der Waals surface area contributed by atoms with E-state index in [1.165, 1.54) is 5.56 Å². The first kappa shape index (κ1) is 33.4. The van der Waals surface area contributed by atoms with Gasteiger partial charge in [-0.15, -0.1) is 11.6 Å². The van der Waals surface area contributed by atoms with Crippen LogP contribution in [0.3, 0.4) is 0 Å². The Hall–Kier alpha value is -2.82. The smallest absolute Gasteiger partial charge is 0.497 e. The molecule has 0 bridgehead atoms. The maximum absolute atomic E-state index is 13.0. The first-order valence-corrected chi connectivity index (χ1v) is 12.6. The number of alkyl halides is 3. The van der Waals surface area contributed by atoms with Crippen molar-refractivity contribution in [2.45, 2.75) is 38.8 Å². The second-order valence-electron chi connectivity index (χ2n) is 10.2. The van der Waals surface area contributed by atoms with Crippen LogP contribution in [-0.2, 0) is 42.9 Å². The van der Waals surface area contributed by atoms with Gasteiger partial charge in [-0.05, 0) is 36.1 Å². The van der Waals surface area contributed by atoms with E-state index in [1.54, 1.807) is 13.5 Å². The molecule has 11 heteroatoms. The van der Waals surface area contributed by atoms with E-state index in [2.05, 4.69) is 12.1 Å². The van der Waals surface area contributed by atoms with E-state index in [4.69, 9.17) is 4.74 Å². The van der Waals surface area contributed by atoms with Gasteiger partial charge in [0.15, 0.2) is 0 Å². The molecular weight excluding hydrogens is 609 g/mol. The first-order chi connectivity index (χ1) is 18.3. The van der Waals surface area contributed by atoms with Crippen LogP contribution < -0.4 is 4.74 Å². The van der Waals surface area contributed by atoms with Gasteiger partial charge < -0.3 is 30.5 Å². The van der Waals surface area contributed by atoms with E-state index in [-0.39, 0.29) is 46.0 Å². The summed E-state index contributed by atoms with van der Waals surface area (Å²) >= 11 is 0. The number of methoxy groups -OCH3 is 1. The average Bonchev–Trinajstić information content (AvgIpc) is 3.13. The molecule has 215 valence electrons. The number of rotatable bonds is 5. The topological polar surface area (TPSA) is 66.9 Å². The van der Waals surface area contributed by atoms with Crippen molar-refractivity contribution in [3.63, 3.8) is 0 Å². The minimum atomic E-state index is -4.57. The Morgan fingerprint density at radius 2 is 1.73 bits per heavy atom. The predicted molar refractivity (Wildman–Crippen MR) is 137 cm³/mol. The van der Waals surface area contributed by atoms with Crippen molar-refractivity contribution in [3.05, 3.63) is 71.4 Å². The number of benzene rings is 2. The van der Waals surface area contributed by atoms with E-state index in [0.29, 0.717) is 31.3 Å². The number of piperidine rings is 1. The van der Waals surface area contributed by atoms with E-state index < -0.39 is 28.5 Å². The SMILES string of the molecule is COc1ccc(C2CN(C)C(=O)C23CCN(C(=O)[CH-]C(C)C)CC3)cc1.O=[C-]c1cc(C(F)(F)F)ccc1F.[Nb+2]. The number of carbonyl (C=O) groups excluding carboxylic acids is 3. The van der Waals surface area contributed by atoms with Crippen LogP contribution in [0.2, 0.25) is 0 Å². The third-order valence-corrected chi connectivity index (χ3v) is 7.26. The second-order valence-corrected chi connectivity index (χ2v) is 10.2. The van der Waals surface area contributed by atoms with Crippen LogP contribution in [0.25, 0.3) is 0 Å². The zero-order valence-electron chi connectivity index (χ0n) is 22.8. The quantitative estimate of drug-likeness (QED) is 0.262. The minimum Gasteiger partial charge on any atom is -0.497 e. The number of likely N-dealkylation sites (N-methyl/N-ethyl adjacent to an activating group) is 1. The van der Waals surface area contributed by atoms with Crippen LogP contribution in [0.5, 0.6) is 5.75 Å². The number of ether oxygens (including phenoxy) is 1. The summed E-state index contributed by atoms with van der Waals surface area (Å²) in [6.45, 7) is 6.05. The van der Waals surface area contributed by atoms with Crippen molar-refractivity contribution in [1.82, 2.24) is 9.80 Å². The van der Waals surface area contributed by atoms with E-state index in [9.17, 15) is 31.9 Å². The van der Waals surface area contributed by atoms with Crippen molar-refractivity contribution in [2.75, 3.05) is 33.8 Å². The molecule has 2 aromatic carbocycles. The summed E-state index contributed by atoms with van der Waals surface area (Å²) in [5, 5.41) is 0. The van der Waals surface area contributed by atoms with Crippen LogP contribution in [0.4, 0.5) is 17.6 Å². The monoisotopic (exact) mass is 641 g/mol. The van der Waals surface area contributed by atoms with Gasteiger partial charge in [0.2, 0.25) is 5.91 Å². The van der Waals surface area contributed by atoms with E-state index in [1.807, 2.05) is 42.8 Å². The van der Waals surface area contributed by atoms with Crippen molar-refractivity contribution >= 4 is 18.1 Å². The Bertz CT molecular complexity index is 1180. The van der Waals surface area contributed by atoms with E-state index in [0.717, 1.165) is 31.4 Å². The summed E-state index contributed by atoms with van der Waals surface area (Å²) in [7, 11) is 3.54. The molecule has 2 amide bonds. The van der Waals surface area contributed by atoms with Crippen LogP contribution >= 0.6 is 0 Å². The molecule has 1 unspecified atom stereocenters. The number of amides is 2. The molecule has 2 aliphatic heterocycles. The summed E-state index contributed by atoms with van der Waals surface area (Å²) in [6, 6.07) is 9.63. The molecule has 0 N–H and O–H groups in total. The summed E-state index contributed by atoms with van der Waals surface area (Å²) in [6.07, 6.45) is -0.269. The van der Waals surface area contributed by atoms with Gasteiger partial charge in [0.1, 0.15) is 5.75 Å². The van der Waals surface area contributed by atoms with Crippen molar-refractivity contribution in [2.24, 2.45) is 11.3 Å². The number of halogens is 4. The Balaban J connectivity index is 0.000000339. The molecule has 1 radical (unpaired) electrons. The fourth-order valence-electron chi connectivity index (χ4n) is 5.18. The van der Waals surface area contributed by atoms with Gasteiger partial charge >= 0.3 is 28.6 Å². The molecule has 2 aliphatic rings. The van der Waals surface area contributed by atoms with E-state index >= 15 is 0 Å². The first-order valence-electron chi connectivity index (χ1n) is 12.6. The largest absolute Gasteiger partial charge is 2.00 e. The fourth-order valence-corrected chi connectivity index (χ4v) is 5.18. The third-order valence-electron chi connectivity index (χ3n) is 7.26. The molecule has 1 spiro atoms. The van der Waals surface area contributed by atoms with Gasteiger partial charge in [-0.2, -0.15) is 19.1 Å². The van der Waals surface area contributed by atoms with Gasteiger partial charge in [0.05, 0.1) is 24.7 Å². The number of nitrogens with zero attached hydrogens (tertiary/aromatic N) is 2. The zero-order chi connectivity index (χ0) is 29.0. The summed E-state index contributed by atoms with van der Waals surface area (Å²) in [5.74, 6) is 0.530. The molecule has 40 heavy (non-hydrogen) atoms. The number of hydrogen-bond donors (Lipinski definition) is 0. The normalized spacial score (nSPS) is 18.1. The molecule has 6 nitrogen and oxygen atoms in total. The van der Waals surface area contributed by atoms with Crippen LogP contribution in [-0.4, -0.2) is 61.7 Å². The van der Waals surface area contributed by atoms with Gasteiger partial charge in [-0.1, -0.05) is 38.1 Å². The zero-order valence-corrected chi connectivity index (χ0v) is 25.0. The Kier molecular flexibility index (Phi) is 11.4. The van der Waals surface area contributed by atoms with Crippen molar-refractivity contribution in [3.8, 4) is 5.75 Å². The van der Waals surface area contributed by atoms with Crippen molar-refractivity contribution < 1.29 is 59.1 Å². The number of likely N-dealkylation sites (tertiary alicyclic amines) is 2. The summed E-state index contributed by atoms with van der Waals surface area (Å²) < 4.78 is 53.7. The average molecular weight is 641 g/mol. The van der Waals surface area contributed by atoms with Gasteiger partial charge in [-0.25, -0.2) is 0 Å². The van der Waals surface area contributed by atoms with Gasteiger partial charge in [-0.3, -0.25) is 9.18 Å². The van der Waals surface area contributed by atoms with Crippen LogP contribution in [0, 0.1) is 23.6 Å². The van der Waals surface area contributed by atoms with Crippen molar-refractivity contribution in [1.29, 1.82) is 0 Å². The third kappa shape index (κ3) is 7.47. The maximum Gasteiger partial charge on any atom is 2.00 e. The Morgan fingerprint density at radius 1 is 1.12 bits per heavy atom. The summed E-state index contributed by atoms with van der Waals surface area (Å²) in [5.41, 5.74) is -0.989. The molecule has 2 aromatic rings. The molecule has 1 atom stereocenters. The van der Waals surface area contributed by atoms with Gasteiger partial charge in [0.25, 0.3) is 0 Å². The summed E-state index contributed by atoms with van der Waals surface area (Å²) in [4.78, 5) is 39.1. The Labute approximate surface area is 247 Å². The molecule has 0 aromatic heterocycles. The molecule has 2 heterocycles. The van der Waals surface area contributed by atoms with Gasteiger partial charge in [0, 0.05) is 38.4 Å². The molecule has 4 rings (SSSR count). The Morgan fingerprint density at radius 3 is 2.23 bits per heavy atom. The van der Waals surface area contributed by atoms with Crippen LogP contribution in [0.1, 0.15) is 49.3 Å². The molecule has 0 saturated carbocycles. The molecule has 2 fully saturated rings. The second kappa shape index (κ2) is 13.7.